The summed E-state index contributed by atoms with van der Waals surface area (Å²) in [4.78, 5) is 23.6. The Labute approximate surface area is 144 Å². The van der Waals surface area contributed by atoms with Gasteiger partial charge in [-0.3, -0.25) is 20.4 Å². The number of hydrogen-bond donors (Lipinski definition) is 2. The van der Waals surface area contributed by atoms with Crippen molar-refractivity contribution in [1.82, 2.24) is 10.9 Å². The van der Waals surface area contributed by atoms with Crippen LogP contribution in [0.5, 0.6) is 11.5 Å². The van der Waals surface area contributed by atoms with E-state index in [2.05, 4.69) is 10.9 Å². The van der Waals surface area contributed by atoms with Crippen molar-refractivity contribution in [2.45, 2.75) is 6.92 Å². The molecule has 2 aromatic carbocycles. The number of para-hydroxylation sites is 2. The third-order valence-electron chi connectivity index (χ3n) is 2.91. The van der Waals surface area contributed by atoms with Crippen molar-refractivity contribution >= 4 is 23.4 Å². The first-order valence-electron chi connectivity index (χ1n) is 7.29. The van der Waals surface area contributed by atoms with E-state index >= 15 is 0 Å². The number of carbonyl (C=O) groups is 2. The molecule has 0 aromatic heterocycles. The Balaban J connectivity index is 1.83. The van der Waals surface area contributed by atoms with Crippen molar-refractivity contribution in [3.05, 3.63) is 59.1 Å². The summed E-state index contributed by atoms with van der Waals surface area (Å²) in [5, 5.41) is 0.435. The van der Waals surface area contributed by atoms with Crippen LogP contribution < -0.4 is 20.3 Å². The molecule has 24 heavy (non-hydrogen) atoms. The topological polar surface area (TPSA) is 76.7 Å². The molecule has 0 aliphatic rings. The normalized spacial score (nSPS) is 9.92. The third-order valence-corrected chi connectivity index (χ3v) is 3.15. The van der Waals surface area contributed by atoms with E-state index in [0.717, 1.165) is 0 Å². The highest BCUT2D eigenvalue weighted by Gasteiger charge is 2.10. The molecule has 0 bridgehead atoms. The molecule has 0 saturated carbocycles. The van der Waals surface area contributed by atoms with E-state index in [9.17, 15) is 9.59 Å². The number of benzene rings is 2. The molecule has 0 aliphatic heterocycles. The molecule has 0 radical (unpaired) electrons. The van der Waals surface area contributed by atoms with Crippen LogP contribution in [-0.2, 0) is 4.79 Å². The maximum Gasteiger partial charge on any atom is 0.276 e. The van der Waals surface area contributed by atoms with Gasteiger partial charge in [-0.25, -0.2) is 0 Å². The first-order chi connectivity index (χ1) is 11.6. The zero-order valence-electron chi connectivity index (χ0n) is 13.0. The highest BCUT2D eigenvalue weighted by atomic mass is 35.5. The van der Waals surface area contributed by atoms with Gasteiger partial charge in [0.05, 0.1) is 6.61 Å². The zero-order chi connectivity index (χ0) is 17.4. The van der Waals surface area contributed by atoms with Crippen LogP contribution in [0.3, 0.4) is 0 Å². The van der Waals surface area contributed by atoms with Crippen molar-refractivity contribution in [2.24, 2.45) is 0 Å². The molecule has 0 aliphatic carbocycles. The second kappa shape index (κ2) is 8.79. The summed E-state index contributed by atoms with van der Waals surface area (Å²) in [6, 6.07) is 13.4. The molecule has 7 heteroatoms. The fourth-order valence-corrected chi connectivity index (χ4v) is 2.04. The molecule has 2 rings (SSSR count). The summed E-state index contributed by atoms with van der Waals surface area (Å²) >= 11 is 5.81. The fraction of sp³-hybridized carbons (Fsp3) is 0.176. The molecule has 0 atom stereocenters. The largest absolute Gasteiger partial charge is 0.490 e. The third kappa shape index (κ3) is 5.17. The highest BCUT2D eigenvalue weighted by Crippen LogP contribution is 2.26. The molecule has 0 unspecified atom stereocenters. The lowest BCUT2D eigenvalue weighted by atomic mass is 10.2. The van der Waals surface area contributed by atoms with Crippen molar-refractivity contribution < 1.29 is 19.1 Å². The van der Waals surface area contributed by atoms with E-state index in [1.54, 1.807) is 36.4 Å². The molecule has 2 N–H and O–H groups in total. The summed E-state index contributed by atoms with van der Waals surface area (Å²) in [6.45, 7) is 2.08. The predicted molar refractivity (Wildman–Crippen MR) is 90.2 cm³/mol. The first kappa shape index (κ1) is 17.6. The average molecular weight is 349 g/mol. The van der Waals surface area contributed by atoms with Crippen LogP contribution in [-0.4, -0.2) is 25.0 Å². The average Bonchev–Trinajstić information content (AvgIpc) is 2.59. The minimum Gasteiger partial charge on any atom is -0.490 e. The van der Waals surface area contributed by atoms with Gasteiger partial charge in [-0.1, -0.05) is 29.8 Å². The van der Waals surface area contributed by atoms with E-state index in [1.165, 1.54) is 6.07 Å². The summed E-state index contributed by atoms with van der Waals surface area (Å²) in [6.07, 6.45) is 0. The Morgan fingerprint density at radius 2 is 1.71 bits per heavy atom. The molecule has 2 aromatic rings. The van der Waals surface area contributed by atoms with Gasteiger partial charge in [0.2, 0.25) is 0 Å². The number of hydrogen-bond acceptors (Lipinski definition) is 4. The molecule has 2 amide bonds. The van der Waals surface area contributed by atoms with Gasteiger partial charge in [0.25, 0.3) is 11.8 Å². The summed E-state index contributed by atoms with van der Waals surface area (Å²) in [5.74, 6) is 0.0312. The summed E-state index contributed by atoms with van der Waals surface area (Å²) in [7, 11) is 0. The van der Waals surface area contributed by atoms with Crippen molar-refractivity contribution in [3.8, 4) is 11.5 Å². The van der Waals surface area contributed by atoms with Gasteiger partial charge >= 0.3 is 0 Å². The molecule has 0 heterocycles. The SMILES string of the molecule is CCOc1ccccc1OCC(=O)NNC(=O)c1cccc(Cl)c1. The minimum atomic E-state index is -0.503. The standard InChI is InChI=1S/C17H17ClN2O4/c1-2-23-14-8-3-4-9-15(14)24-11-16(21)19-20-17(22)12-6-5-7-13(18)10-12/h3-10H,2,11H2,1H3,(H,19,21)(H,20,22). The van der Waals surface area contributed by atoms with Gasteiger partial charge in [-0.2, -0.15) is 0 Å². The number of ether oxygens (including phenoxy) is 2. The number of rotatable bonds is 6. The van der Waals surface area contributed by atoms with Crippen LogP contribution in [0, 0.1) is 0 Å². The van der Waals surface area contributed by atoms with E-state index in [0.29, 0.717) is 28.7 Å². The molecular formula is C17H17ClN2O4. The number of amides is 2. The second-order valence-corrected chi connectivity index (χ2v) is 5.12. The molecular weight excluding hydrogens is 332 g/mol. The first-order valence-corrected chi connectivity index (χ1v) is 7.67. The lowest BCUT2D eigenvalue weighted by Gasteiger charge is -2.12. The molecule has 0 spiro atoms. The minimum absolute atomic E-state index is 0.264. The number of nitrogens with one attached hydrogen (secondary N) is 2. The van der Waals surface area contributed by atoms with Crippen LogP contribution in [0.2, 0.25) is 5.02 Å². The molecule has 126 valence electrons. The zero-order valence-corrected chi connectivity index (χ0v) is 13.8. The van der Waals surface area contributed by atoms with Crippen LogP contribution in [0.25, 0.3) is 0 Å². The van der Waals surface area contributed by atoms with Crippen molar-refractivity contribution in [1.29, 1.82) is 0 Å². The van der Waals surface area contributed by atoms with Crippen LogP contribution in [0.15, 0.2) is 48.5 Å². The maximum absolute atomic E-state index is 11.9. The highest BCUT2D eigenvalue weighted by molar-refractivity contribution is 6.30. The monoisotopic (exact) mass is 348 g/mol. The maximum atomic E-state index is 11.9. The summed E-state index contributed by atoms with van der Waals surface area (Å²) < 4.78 is 10.8. The quantitative estimate of drug-likeness (QED) is 0.787. The van der Waals surface area contributed by atoms with Gasteiger partial charge in [-0.15, -0.1) is 0 Å². The number of carbonyl (C=O) groups excluding carboxylic acids is 2. The Kier molecular flexibility index (Phi) is 6.45. The van der Waals surface area contributed by atoms with Crippen molar-refractivity contribution in [2.75, 3.05) is 13.2 Å². The Morgan fingerprint density at radius 1 is 1.00 bits per heavy atom. The molecule has 0 saturated heterocycles. The van der Waals surface area contributed by atoms with Crippen LogP contribution in [0.4, 0.5) is 0 Å². The second-order valence-electron chi connectivity index (χ2n) is 4.68. The van der Waals surface area contributed by atoms with Gasteiger partial charge in [0.1, 0.15) is 0 Å². The predicted octanol–water partition coefficient (Wildman–Crippen LogP) is 2.58. The van der Waals surface area contributed by atoms with Gasteiger partial charge in [-0.05, 0) is 37.3 Å². The van der Waals surface area contributed by atoms with Gasteiger partial charge in [0.15, 0.2) is 18.1 Å². The van der Waals surface area contributed by atoms with Gasteiger partial charge in [0, 0.05) is 10.6 Å². The Hall–Kier alpha value is -2.73. The van der Waals surface area contributed by atoms with E-state index in [1.807, 2.05) is 13.0 Å². The lowest BCUT2D eigenvalue weighted by Crippen LogP contribution is -2.43. The fourth-order valence-electron chi connectivity index (χ4n) is 1.85. The van der Waals surface area contributed by atoms with Crippen LogP contribution >= 0.6 is 11.6 Å². The molecule has 0 fully saturated rings. The Morgan fingerprint density at radius 3 is 2.38 bits per heavy atom. The van der Waals surface area contributed by atoms with Crippen molar-refractivity contribution in [3.63, 3.8) is 0 Å². The van der Waals surface area contributed by atoms with Gasteiger partial charge < -0.3 is 9.47 Å². The van der Waals surface area contributed by atoms with Crippen LogP contribution in [0.1, 0.15) is 17.3 Å². The molecule has 6 nitrogen and oxygen atoms in total. The van der Waals surface area contributed by atoms with E-state index in [-0.39, 0.29) is 6.61 Å². The van der Waals surface area contributed by atoms with E-state index < -0.39 is 11.8 Å². The smallest absolute Gasteiger partial charge is 0.276 e. The lowest BCUT2D eigenvalue weighted by molar-refractivity contribution is -0.123. The number of halogens is 1. The van der Waals surface area contributed by atoms with E-state index in [4.69, 9.17) is 21.1 Å². The Bertz CT molecular complexity index is 721. The summed E-state index contributed by atoms with van der Waals surface area (Å²) in [5.41, 5.74) is 4.91. The number of hydrazine groups is 1.